The number of ether oxygens (including phenoxy) is 2. The van der Waals surface area contributed by atoms with Crippen LogP contribution >= 0.6 is 0 Å². The molecule has 2 amide bonds. The van der Waals surface area contributed by atoms with Gasteiger partial charge in [-0.1, -0.05) is 48.5 Å². The Bertz CT molecular complexity index is 1070. The molecule has 2 aromatic rings. The number of rotatable bonds is 8. The van der Waals surface area contributed by atoms with Crippen molar-refractivity contribution in [2.45, 2.75) is 31.2 Å². The zero-order valence-corrected chi connectivity index (χ0v) is 19.4. The molecule has 8 nitrogen and oxygen atoms in total. The lowest BCUT2D eigenvalue weighted by Gasteiger charge is -2.31. The number of amides is 2. The third kappa shape index (κ3) is 5.17. The summed E-state index contributed by atoms with van der Waals surface area (Å²) in [4.78, 5) is 36.1. The topological polar surface area (TPSA) is 114 Å². The number of aliphatic carboxylic acids is 1. The number of carbonyl (C=O) groups excluding carboxylic acids is 2. The average Bonchev–Trinajstić information content (AvgIpc) is 3.57. The molecule has 0 spiro atoms. The van der Waals surface area contributed by atoms with E-state index in [1.165, 1.54) is 11.1 Å². The van der Waals surface area contributed by atoms with Gasteiger partial charge in [-0.05, 0) is 41.0 Å². The zero-order chi connectivity index (χ0) is 24.4. The van der Waals surface area contributed by atoms with Gasteiger partial charge in [0.2, 0.25) is 5.91 Å². The Kier molecular flexibility index (Phi) is 6.72. The van der Waals surface area contributed by atoms with Crippen molar-refractivity contribution in [2.75, 3.05) is 26.4 Å². The number of carbonyl (C=O) groups is 3. The van der Waals surface area contributed by atoms with E-state index < -0.39 is 12.1 Å². The first-order valence-corrected chi connectivity index (χ1v) is 12.2. The van der Waals surface area contributed by atoms with E-state index in [0.717, 1.165) is 11.1 Å². The van der Waals surface area contributed by atoms with Crippen LogP contribution in [0.3, 0.4) is 0 Å². The van der Waals surface area contributed by atoms with Crippen molar-refractivity contribution < 1.29 is 29.0 Å². The number of fused-ring (bicyclic) bond motifs is 3. The van der Waals surface area contributed by atoms with Gasteiger partial charge in [0.25, 0.3) is 0 Å². The summed E-state index contributed by atoms with van der Waals surface area (Å²) >= 11 is 0. The largest absolute Gasteiger partial charge is 0.481 e. The lowest BCUT2D eigenvalue weighted by atomic mass is 9.92. The molecule has 2 unspecified atom stereocenters. The van der Waals surface area contributed by atoms with Gasteiger partial charge >= 0.3 is 12.1 Å². The van der Waals surface area contributed by atoms with Crippen LogP contribution < -0.4 is 10.6 Å². The molecule has 0 bridgehead atoms. The standard InChI is InChI=1S/C27H30N2O6/c30-25(31)12-17-14-34-10-9-24(17)29-26(32)22-11-16(22)13-28-27(33)35-15-23-20-7-3-1-5-18(20)19-6-2-4-8-21(19)23/h1-8,16-17,22-24H,9-15H2,(H,28,33)(H,29,32)(H,30,31)/t16-,17?,22-,24?/m0/s1. The summed E-state index contributed by atoms with van der Waals surface area (Å²) in [6, 6.07) is 16.2. The second-order valence-electron chi connectivity index (χ2n) is 9.65. The molecule has 1 heterocycles. The van der Waals surface area contributed by atoms with Crippen LogP contribution in [0.5, 0.6) is 0 Å². The fourth-order valence-corrected chi connectivity index (χ4v) is 5.36. The van der Waals surface area contributed by atoms with E-state index in [2.05, 4.69) is 34.9 Å². The van der Waals surface area contributed by atoms with Gasteiger partial charge in [-0.15, -0.1) is 0 Å². The summed E-state index contributed by atoms with van der Waals surface area (Å²) in [5.74, 6) is -1.29. The average molecular weight is 479 g/mol. The SMILES string of the molecule is O=C(O)CC1COCCC1NC(=O)[C@H]1C[C@H]1CNC(=O)OCC1c2ccccc2-c2ccccc21. The predicted octanol–water partition coefficient (Wildman–Crippen LogP) is 3.16. The Morgan fingerprint density at radius 3 is 2.37 bits per heavy atom. The number of hydrogen-bond acceptors (Lipinski definition) is 5. The highest BCUT2D eigenvalue weighted by Gasteiger charge is 2.44. The molecule has 4 atom stereocenters. The Hall–Kier alpha value is -3.39. The van der Waals surface area contributed by atoms with Crippen LogP contribution in [0.4, 0.5) is 4.79 Å². The lowest BCUT2D eigenvalue weighted by Crippen LogP contribution is -2.47. The second-order valence-corrected chi connectivity index (χ2v) is 9.65. The summed E-state index contributed by atoms with van der Waals surface area (Å²) in [6.07, 6.45) is 0.799. The lowest BCUT2D eigenvalue weighted by molar-refractivity contribution is -0.140. The van der Waals surface area contributed by atoms with Crippen LogP contribution in [0.2, 0.25) is 0 Å². The van der Waals surface area contributed by atoms with E-state index in [9.17, 15) is 14.4 Å². The quantitative estimate of drug-likeness (QED) is 0.537. The Labute approximate surface area is 204 Å². The van der Waals surface area contributed by atoms with E-state index >= 15 is 0 Å². The molecule has 3 N–H and O–H groups in total. The van der Waals surface area contributed by atoms with Gasteiger partial charge in [0.05, 0.1) is 13.0 Å². The highest BCUT2D eigenvalue weighted by molar-refractivity contribution is 5.82. The third-order valence-corrected chi connectivity index (χ3v) is 7.35. The molecule has 2 aliphatic carbocycles. The fraction of sp³-hybridized carbons (Fsp3) is 0.444. The van der Waals surface area contributed by atoms with Gasteiger partial charge in [-0.3, -0.25) is 9.59 Å². The molecule has 0 aromatic heterocycles. The second kappa shape index (κ2) is 10.1. The molecule has 2 fully saturated rings. The van der Waals surface area contributed by atoms with E-state index in [-0.39, 0.29) is 48.6 Å². The van der Waals surface area contributed by atoms with Gasteiger partial charge in [0.15, 0.2) is 0 Å². The molecule has 1 saturated heterocycles. The van der Waals surface area contributed by atoms with Crippen molar-refractivity contribution in [2.24, 2.45) is 17.8 Å². The van der Waals surface area contributed by atoms with Gasteiger partial charge < -0.3 is 25.2 Å². The molecule has 35 heavy (non-hydrogen) atoms. The van der Waals surface area contributed by atoms with Crippen LogP contribution in [-0.2, 0) is 19.1 Å². The summed E-state index contributed by atoms with van der Waals surface area (Å²) < 4.78 is 10.9. The minimum atomic E-state index is -0.892. The van der Waals surface area contributed by atoms with Crippen LogP contribution in [-0.4, -0.2) is 55.5 Å². The van der Waals surface area contributed by atoms with E-state index in [4.69, 9.17) is 14.6 Å². The van der Waals surface area contributed by atoms with Gasteiger partial charge in [-0.2, -0.15) is 0 Å². The minimum absolute atomic E-state index is 0.00539. The number of benzene rings is 2. The van der Waals surface area contributed by atoms with Crippen molar-refractivity contribution in [3.63, 3.8) is 0 Å². The normalized spacial score (nSPS) is 24.7. The van der Waals surface area contributed by atoms with Gasteiger partial charge in [0.1, 0.15) is 6.61 Å². The molecule has 8 heteroatoms. The maximum Gasteiger partial charge on any atom is 0.407 e. The highest BCUT2D eigenvalue weighted by atomic mass is 16.5. The van der Waals surface area contributed by atoms with Crippen molar-refractivity contribution in [3.05, 3.63) is 59.7 Å². The van der Waals surface area contributed by atoms with Crippen molar-refractivity contribution >= 4 is 18.0 Å². The first-order valence-electron chi connectivity index (χ1n) is 12.2. The van der Waals surface area contributed by atoms with Gasteiger partial charge in [0, 0.05) is 36.9 Å². The van der Waals surface area contributed by atoms with Crippen molar-refractivity contribution in [1.82, 2.24) is 10.6 Å². The van der Waals surface area contributed by atoms with E-state index in [1.54, 1.807) is 0 Å². The third-order valence-electron chi connectivity index (χ3n) is 7.35. The van der Waals surface area contributed by atoms with Gasteiger partial charge in [-0.25, -0.2) is 4.79 Å². The molecule has 1 aliphatic heterocycles. The molecule has 2 aromatic carbocycles. The zero-order valence-electron chi connectivity index (χ0n) is 19.4. The Balaban J connectivity index is 1.08. The number of carboxylic acid groups (broad SMARTS) is 1. The number of alkyl carbamates (subject to hydrolysis) is 1. The first-order chi connectivity index (χ1) is 17.0. The van der Waals surface area contributed by atoms with Crippen LogP contribution in [0, 0.1) is 17.8 Å². The number of hydrogen-bond donors (Lipinski definition) is 3. The van der Waals surface area contributed by atoms with Crippen LogP contribution in [0.1, 0.15) is 36.3 Å². The molecular formula is C27H30N2O6. The summed E-state index contributed by atoms with van der Waals surface area (Å²) in [5.41, 5.74) is 4.68. The smallest absolute Gasteiger partial charge is 0.407 e. The molecule has 5 rings (SSSR count). The maximum absolute atomic E-state index is 12.7. The molecular weight excluding hydrogens is 448 g/mol. The number of nitrogens with one attached hydrogen (secondary N) is 2. The monoisotopic (exact) mass is 478 g/mol. The summed E-state index contributed by atoms with van der Waals surface area (Å²) in [7, 11) is 0. The summed E-state index contributed by atoms with van der Waals surface area (Å²) in [6.45, 7) is 1.48. The molecule has 184 valence electrons. The first kappa shape index (κ1) is 23.4. The minimum Gasteiger partial charge on any atom is -0.481 e. The predicted molar refractivity (Wildman–Crippen MR) is 128 cm³/mol. The highest BCUT2D eigenvalue weighted by Crippen LogP contribution is 2.44. The Morgan fingerprint density at radius 1 is 1.00 bits per heavy atom. The molecule has 1 saturated carbocycles. The van der Waals surface area contributed by atoms with Crippen LogP contribution in [0.15, 0.2) is 48.5 Å². The van der Waals surface area contributed by atoms with E-state index in [0.29, 0.717) is 32.6 Å². The Morgan fingerprint density at radius 2 is 1.69 bits per heavy atom. The van der Waals surface area contributed by atoms with Crippen LogP contribution in [0.25, 0.3) is 11.1 Å². The van der Waals surface area contributed by atoms with E-state index in [1.807, 2.05) is 24.3 Å². The van der Waals surface area contributed by atoms with Crippen molar-refractivity contribution in [3.8, 4) is 11.1 Å². The molecule has 3 aliphatic rings. The van der Waals surface area contributed by atoms with Crippen molar-refractivity contribution in [1.29, 1.82) is 0 Å². The summed E-state index contributed by atoms with van der Waals surface area (Å²) in [5, 5.41) is 14.9. The maximum atomic E-state index is 12.7. The molecule has 0 radical (unpaired) electrons. The number of carboxylic acids is 1. The fourth-order valence-electron chi connectivity index (χ4n) is 5.36.